The van der Waals surface area contributed by atoms with E-state index in [0.29, 0.717) is 28.3 Å². The molecule has 0 aliphatic rings. The summed E-state index contributed by atoms with van der Waals surface area (Å²) >= 11 is 0. The summed E-state index contributed by atoms with van der Waals surface area (Å²) in [4.78, 5) is 24.7. The van der Waals surface area contributed by atoms with Crippen LogP contribution in [0.25, 0.3) is 6.08 Å². The van der Waals surface area contributed by atoms with Crippen molar-refractivity contribution < 1.29 is 0 Å². The van der Waals surface area contributed by atoms with Crippen LogP contribution in [0.3, 0.4) is 0 Å². The Balaban J connectivity index is 1.95. The van der Waals surface area contributed by atoms with E-state index in [2.05, 4.69) is 10.6 Å². The van der Waals surface area contributed by atoms with Gasteiger partial charge in [0.15, 0.2) is 0 Å². The monoisotopic (exact) mass is 367 g/mol. The van der Waals surface area contributed by atoms with Gasteiger partial charge in [-0.05, 0) is 48.0 Å². The van der Waals surface area contributed by atoms with Gasteiger partial charge in [-0.25, -0.2) is 0 Å². The minimum absolute atomic E-state index is 0.135. The number of nitrogens with one attached hydrogen (secondary N) is 2. The molecule has 2 N–H and O–H groups in total. The third-order valence-electron chi connectivity index (χ3n) is 3.93. The zero-order valence-electron chi connectivity index (χ0n) is 14.9. The molecular weight excluding hydrogens is 350 g/mol. The SMILES string of the molecule is N#C/C=C/c1cccc(Nc2ccccc2Nc2cccccc2=O)c(=O)c1. The molecule has 28 heavy (non-hydrogen) atoms. The molecule has 0 saturated carbocycles. The standard InChI is InChI=1S/C23H17N3O2/c24-15-7-9-17-8-6-13-21(23(28)16-17)26-19-11-5-4-10-18(19)25-20-12-2-1-3-14-22(20)27/h1-14,16H,(H,25,27)(H,26,28)/b9-7+. The van der Waals surface area contributed by atoms with E-state index in [1.54, 1.807) is 48.5 Å². The molecule has 0 bridgehead atoms. The molecule has 0 aromatic heterocycles. The van der Waals surface area contributed by atoms with Gasteiger partial charge in [-0.1, -0.05) is 42.5 Å². The van der Waals surface area contributed by atoms with Crippen LogP contribution in [0.1, 0.15) is 5.56 Å². The highest BCUT2D eigenvalue weighted by Gasteiger charge is 2.06. The zero-order valence-corrected chi connectivity index (χ0v) is 14.9. The van der Waals surface area contributed by atoms with Crippen LogP contribution in [0.2, 0.25) is 0 Å². The maximum atomic E-state index is 12.5. The normalized spacial score (nSPS) is 10.2. The van der Waals surface area contributed by atoms with Crippen molar-refractivity contribution in [3.05, 3.63) is 111 Å². The van der Waals surface area contributed by atoms with Crippen molar-refractivity contribution in [2.75, 3.05) is 10.6 Å². The van der Waals surface area contributed by atoms with Gasteiger partial charge in [0.2, 0.25) is 10.9 Å². The lowest BCUT2D eigenvalue weighted by Gasteiger charge is -2.12. The second-order valence-corrected chi connectivity index (χ2v) is 5.89. The first-order chi connectivity index (χ1) is 13.7. The van der Waals surface area contributed by atoms with Gasteiger partial charge >= 0.3 is 0 Å². The van der Waals surface area contributed by atoms with Crippen LogP contribution in [-0.4, -0.2) is 0 Å². The maximum Gasteiger partial charge on any atom is 0.202 e. The van der Waals surface area contributed by atoms with Gasteiger partial charge in [0.25, 0.3) is 0 Å². The van der Waals surface area contributed by atoms with E-state index in [9.17, 15) is 9.59 Å². The lowest BCUT2D eigenvalue weighted by molar-refractivity contribution is 1.48. The Morgan fingerprint density at radius 1 is 0.679 bits per heavy atom. The van der Waals surface area contributed by atoms with Gasteiger partial charge in [0.1, 0.15) is 0 Å². The smallest absolute Gasteiger partial charge is 0.202 e. The van der Waals surface area contributed by atoms with Crippen LogP contribution in [0, 0.1) is 11.3 Å². The van der Waals surface area contributed by atoms with Gasteiger partial charge in [-0.3, -0.25) is 9.59 Å². The molecule has 0 radical (unpaired) electrons. The summed E-state index contributed by atoms with van der Waals surface area (Å²) in [6, 6.07) is 24.3. The van der Waals surface area contributed by atoms with Crippen LogP contribution < -0.4 is 21.5 Å². The minimum Gasteiger partial charge on any atom is -0.351 e. The van der Waals surface area contributed by atoms with Gasteiger partial charge in [-0.15, -0.1) is 0 Å². The number of nitriles is 1. The van der Waals surface area contributed by atoms with E-state index in [1.807, 2.05) is 30.3 Å². The number of nitrogens with zero attached hydrogens (tertiary/aromatic N) is 1. The lowest BCUT2D eigenvalue weighted by Crippen LogP contribution is -2.08. The number of para-hydroxylation sites is 2. The molecule has 0 aliphatic heterocycles. The molecule has 0 spiro atoms. The average Bonchev–Trinajstić information content (AvgIpc) is 3.00. The highest BCUT2D eigenvalue weighted by Crippen LogP contribution is 2.26. The van der Waals surface area contributed by atoms with Gasteiger partial charge in [0, 0.05) is 6.08 Å². The molecule has 0 saturated heterocycles. The van der Waals surface area contributed by atoms with Crippen molar-refractivity contribution in [3.63, 3.8) is 0 Å². The topological polar surface area (TPSA) is 82.0 Å². The molecule has 0 atom stereocenters. The fourth-order valence-corrected chi connectivity index (χ4v) is 2.58. The van der Waals surface area contributed by atoms with E-state index in [4.69, 9.17) is 5.26 Å². The molecule has 0 aliphatic carbocycles. The fraction of sp³-hybridized carbons (Fsp3) is 0. The van der Waals surface area contributed by atoms with Crippen molar-refractivity contribution >= 4 is 28.8 Å². The minimum atomic E-state index is -0.215. The molecule has 3 aromatic carbocycles. The molecule has 0 amide bonds. The Bertz CT molecular complexity index is 1180. The van der Waals surface area contributed by atoms with Gasteiger partial charge < -0.3 is 10.6 Å². The fourth-order valence-electron chi connectivity index (χ4n) is 2.58. The highest BCUT2D eigenvalue weighted by atomic mass is 16.1. The molecular formula is C23H17N3O2. The van der Waals surface area contributed by atoms with E-state index in [0.717, 1.165) is 0 Å². The Labute approximate surface area is 162 Å². The van der Waals surface area contributed by atoms with Crippen LogP contribution in [0.5, 0.6) is 0 Å². The number of allylic oxidation sites excluding steroid dienone is 1. The number of hydrogen-bond donors (Lipinski definition) is 2. The molecule has 3 aromatic rings. The van der Waals surface area contributed by atoms with E-state index in [1.165, 1.54) is 18.2 Å². The Kier molecular flexibility index (Phi) is 5.96. The van der Waals surface area contributed by atoms with Crippen LogP contribution in [0.15, 0.2) is 94.5 Å². The second-order valence-electron chi connectivity index (χ2n) is 5.89. The molecule has 0 fully saturated rings. The number of benzene rings is 1. The van der Waals surface area contributed by atoms with E-state index < -0.39 is 0 Å². The second kappa shape index (κ2) is 8.97. The van der Waals surface area contributed by atoms with E-state index in [-0.39, 0.29) is 10.9 Å². The molecule has 5 heteroatoms. The predicted molar refractivity (Wildman–Crippen MR) is 113 cm³/mol. The summed E-state index contributed by atoms with van der Waals surface area (Å²) in [5.74, 6) is 0. The van der Waals surface area contributed by atoms with Crippen molar-refractivity contribution in [1.82, 2.24) is 0 Å². The molecule has 5 nitrogen and oxygen atoms in total. The Morgan fingerprint density at radius 2 is 1.25 bits per heavy atom. The predicted octanol–water partition coefficient (Wildman–Crippen LogP) is 4.43. The van der Waals surface area contributed by atoms with Crippen LogP contribution >= 0.6 is 0 Å². The maximum absolute atomic E-state index is 12.5. The quantitative estimate of drug-likeness (QED) is 0.652. The van der Waals surface area contributed by atoms with E-state index >= 15 is 0 Å². The summed E-state index contributed by atoms with van der Waals surface area (Å²) < 4.78 is 0. The third kappa shape index (κ3) is 4.71. The third-order valence-corrected chi connectivity index (χ3v) is 3.93. The number of anilines is 4. The van der Waals surface area contributed by atoms with Crippen molar-refractivity contribution in [1.29, 1.82) is 5.26 Å². The molecule has 136 valence electrons. The summed E-state index contributed by atoms with van der Waals surface area (Å²) in [6.45, 7) is 0. The van der Waals surface area contributed by atoms with Crippen molar-refractivity contribution in [3.8, 4) is 6.07 Å². The Hall–Kier alpha value is -4.17. The molecule has 0 heterocycles. The largest absolute Gasteiger partial charge is 0.351 e. The van der Waals surface area contributed by atoms with Gasteiger partial charge in [-0.2, -0.15) is 5.26 Å². The summed E-state index contributed by atoms with van der Waals surface area (Å²) in [5.41, 5.74) is 2.43. The average molecular weight is 367 g/mol. The number of rotatable bonds is 5. The lowest BCUT2D eigenvalue weighted by atomic mass is 10.2. The van der Waals surface area contributed by atoms with Crippen molar-refractivity contribution in [2.24, 2.45) is 0 Å². The first kappa shape index (κ1) is 18.6. The van der Waals surface area contributed by atoms with Crippen LogP contribution in [-0.2, 0) is 0 Å². The zero-order chi connectivity index (χ0) is 19.8. The molecule has 3 rings (SSSR count). The van der Waals surface area contributed by atoms with Crippen molar-refractivity contribution in [2.45, 2.75) is 0 Å². The van der Waals surface area contributed by atoms with Crippen LogP contribution in [0.4, 0.5) is 22.7 Å². The summed E-state index contributed by atoms with van der Waals surface area (Å²) in [7, 11) is 0. The highest BCUT2D eigenvalue weighted by molar-refractivity contribution is 5.78. The summed E-state index contributed by atoms with van der Waals surface area (Å²) in [6.07, 6.45) is 2.90. The van der Waals surface area contributed by atoms with Gasteiger partial charge in [0.05, 0.1) is 28.8 Å². The first-order valence-corrected chi connectivity index (χ1v) is 8.60. The molecule has 0 unspecified atom stereocenters. The Morgan fingerprint density at radius 3 is 1.96 bits per heavy atom. The summed E-state index contributed by atoms with van der Waals surface area (Å²) in [5, 5.41) is 14.9. The first-order valence-electron chi connectivity index (χ1n) is 8.60. The number of hydrogen-bond acceptors (Lipinski definition) is 5.